The second-order valence-electron chi connectivity index (χ2n) is 3.73. The lowest BCUT2D eigenvalue weighted by molar-refractivity contribution is 0.0940. The molecule has 0 aliphatic carbocycles. The van der Waals surface area contributed by atoms with Gasteiger partial charge in [0.05, 0.1) is 6.61 Å². The summed E-state index contributed by atoms with van der Waals surface area (Å²) in [5.74, 6) is 0.266. The van der Waals surface area contributed by atoms with Crippen molar-refractivity contribution in [3.05, 3.63) is 18.1 Å². The molecule has 0 spiro atoms. The molecule has 1 aliphatic heterocycles. The predicted octanol–water partition coefficient (Wildman–Crippen LogP) is -0.175. The summed E-state index contributed by atoms with van der Waals surface area (Å²) >= 11 is 0. The predicted molar refractivity (Wildman–Crippen MR) is 57.7 cm³/mol. The lowest BCUT2D eigenvalue weighted by atomic mass is 10.1. The number of nitrogens with zero attached hydrogens (tertiary/aromatic N) is 2. The first kappa shape index (κ1) is 10.8. The maximum Gasteiger partial charge on any atom is 0.273 e. The largest absolute Gasteiger partial charge is 0.382 e. The van der Waals surface area contributed by atoms with Crippen molar-refractivity contribution in [2.75, 3.05) is 25.5 Å². The highest BCUT2D eigenvalue weighted by molar-refractivity contribution is 5.96. The van der Waals surface area contributed by atoms with Gasteiger partial charge in [0.25, 0.3) is 5.91 Å². The Bertz CT molecular complexity index is 377. The molecule has 1 atom stereocenters. The van der Waals surface area contributed by atoms with E-state index in [4.69, 9.17) is 10.5 Å². The number of nitrogen functional groups attached to an aromatic ring is 1. The number of nitrogens with one attached hydrogen (secondary N) is 1. The van der Waals surface area contributed by atoms with E-state index in [9.17, 15) is 4.79 Å². The minimum absolute atomic E-state index is 0.155. The van der Waals surface area contributed by atoms with Gasteiger partial charge in [-0.05, 0) is 6.42 Å². The Balaban J connectivity index is 1.90. The van der Waals surface area contributed by atoms with Gasteiger partial charge >= 0.3 is 0 Å². The van der Waals surface area contributed by atoms with Crippen molar-refractivity contribution in [1.29, 1.82) is 0 Å². The molecule has 1 saturated heterocycles. The van der Waals surface area contributed by atoms with Crippen molar-refractivity contribution >= 4 is 11.7 Å². The second kappa shape index (κ2) is 4.89. The minimum Gasteiger partial charge on any atom is -0.382 e. The number of ether oxygens (including phenoxy) is 1. The summed E-state index contributed by atoms with van der Waals surface area (Å²) < 4.78 is 5.21. The molecule has 2 rings (SSSR count). The van der Waals surface area contributed by atoms with Crippen molar-refractivity contribution in [3.63, 3.8) is 0 Å². The first-order chi connectivity index (χ1) is 7.77. The molecule has 1 aromatic rings. The number of nitrogens with two attached hydrogens (primary N) is 1. The Hall–Kier alpha value is -1.69. The van der Waals surface area contributed by atoms with Crippen LogP contribution in [-0.4, -0.2) is 35.6 Å². The molecule has 6 heteroatoms. The average molecular weight is 222 g/mol. The lowest BCUT2D eigenvalue weighted by Crippen LogP contribution is -2.30. The van der Waals surface area contributed by atoms with Crippen LogP contribution in [0.25, 0.3) is 0 Å². The third-order valence-electron chi connectivity index (χ3n) is 2.52. The quantitative estimate of drug-likeness (QED) is 0.740. The Morgan fingerprint density at radius 3 is 3.06 bits per heavy atom. The van der Waals surface area contributed by atoms with E-state index < -0.39 is 0 Å². The molecule has 1 amide bonds. The molecule has 1 unspecified atom stereocenters. The van der Waals surface area contributed by atoms with Crippen LogP contribution in [-0.2, 0) is 4.74 Å². The van der Waals surface area contributed by atoms with E-state index in [1.54, 1.807) is 0 Å². The molecule has 16 heavy (non-hydrogen) atoms. The number of hydrogen-bond acceptors (Lipinski definition) is 5. The van der Waals surface area contributed by atoms with Gasteiger partial charge in [0.1, 0.15) is 0 Å². The van der Waals surface area contributed by atoms with E-state index >= 15 is 0 Å². The van der Waals surface area contributed by atoms with Crippen LogP contribution >= 0.6 is 0 Å². The molecule has 1 aromatic heterocycles. The summed E-state index contributed by atoms with van der Waals surface area (Å²) in [7, 11) is 0. The number of anilines is 1. The van der Waals surface area contributed by atoms with Crippen LogP contribution < -0.4 is 11.1 Å². The molecule has 1 fully saturated rings. The van der Waals surface area contributed by atoms with E-state index in [-0.39, 0.29) is 17.4 Å². The van der Waals surface area contributed by atoms with Gasteiger partial charge in [-0.25, -0.2) is 9.97 Å². The molecule has 3 N–H and O–H groups in total. The summed E-state index contributed by atoms with van der Waals surface area (Å²) in [6.45, 7) is 2.07. The Kier molecular flexibility index (Phi) is 3.31. The zero-order chi connectivity index (χ0) is 11.4. The van der Waals surface area contributed by atoms with E-state index in [0.717, 1.165) is 13.0 Å². The second-order valence-corrected chi connectivity index (χ2v) is 3.73. The SMILES string of the molecule is Nc1nccnc1C(=O)NCC1CCOC1. The fourth-order valence-corrected chi connectivity index (χ4v) is 1.59. The molecular weight excluding hydrogens is 208 g/mol. The first-order valence-corrected chi connectivity index (χ1v) is 5.20. The molecule has 0 saturated carbocycles. The van der Waals surface area contributed by atoms with Crippen LogP contribution in [0.4, 0.5) is 5.82 Å². The van der Waals surface area contributed by atoms with Gasteiger partial charge in [-0.3, -0.25) is 4.79 Å². The van der Waals surface area contributed by atoms with E-state index in [1.165, 1.54) is 12.4 Å². The number of carbonyl (C=O) groups is 1. The van der Waals surface area contributed by atoms with Gasteiger partial charge in [0, 0.05) is 31.5 Å². The van der Waals surface area contributed by atoms with Crippen LogP contribution in [0.3, 0.4) is 0 Å². The molecule has 2 heterocycles. The lowest BCUT2D eigenvalue weighted by Gasteiger charge is -2.09. The number of aromatic nitrogens is 2. The molecule has 0 radical (unpaired) electrons. The number of hydrogen-bond donors (Lipinski definition) is 2. The maximum absolute atomic E-state index is 11.7. The van der Waals surface area contributed by atoms with Crippen molar-refractivity contribution < 1.29 is 9.53 Å². The number of carbonyl (C=O) groups excluding carboxylic acids is 1. The average Bonchev–Trinajstić information content (AvgIpc) is 2.79. The third kappa shape index (κ3) is 2.46. The van der Waals surface area contributed by atoms with Gasteiger partial charge in [0.2, 0.25) is 0 Å². The summed E-state index contributed by atoms with van der Waals surface area (Å²) in [4.78, 5) is 19.4. The fourth-order valence-electron chi connectivity index (χ4n) is 1.59. The van der Waals surface area contributed by atoms with Gasteiger partial charge in [-0.15, -0.1) is 0 Å². The summed E-state index contributed by atoms with van der Waals surface area (Å²) in [6.07, 6.45) is 3.89. The van der Waals surface area contributed by atoms with Crippen LogP contribution in [0.15, 0.2) is 12.4 Å². The topological polar surface area (TPSA) is 90.1 Å². The Labute approximate surface area is 93.2 Å². The summed E-state index contributed by atoms with van der Waals surface area (Å²) in [6, 6.07) is 0. The molecule has 86 valence electrons. The first-order valence-electron chi connectivity index (χ1n) is 5.20. The zero-order valence-corrected chi connectivity index (χ0v) is 8.85. The van der Waals surface area contributed by atoms with E-state index in [1.807, 2.05) is 0 Å². The molecule has 0 aromatic carbocycles. The molecule has 6 nitrogen and oxygen atoms in total. The van der Waals surface area contributed by atoms with Gasteiger partial charge < -0.3 is 15.8 Å². The molecular formula is C10H14N4O2. The van der Waals surface area contributed by atoms with Crippen molar-refractivity contribution in [2.24, 2.45) is 5.92 Å². The highest BCUT2D eigenvalue weighted by Crippen LogP contribution is 2.11. The third-order valence-corrected chi connectivity index (χ3v) is 2.52. The van der Waals surface area contributed by atoms with Crippen molar-refractivity contribution in [3.8, 4) is 0 Å². The standard InChI is InChI=1S/C10H14N4O2/c11-9-8(12-2-3-13-9)10(15)14-5-7-1-4-16-6-7/h2-3,7H,1,4-6H2,(H2,11,13)(H,14,15). The van der Waals surface area contributed by atoms with Gasteiger partial charge in [-0.2, -0.15) is 0 Å². The monoisotopic (exact) mass is 222 g/mol. The van der Waals surface area contributed by atoms with Crippen molar-refractivity contribution in [1.82, 2.24) is 15.3 Å². The molecule has 0 bridgehead atoms. The van der Waals surface area contributed by atoms with Gasteiger partial charge in [0.15, 0.2) is 11.5 Å². The Morgan fingerprint density at radius 2 is 2.38 bits per heavy atom. The number of amides is 1. The van der Waals surface area contributed by atoms with Crippen LogP contribution in [0.5, 0.6) is 0 Å². The maximum atomic E-state index is 11.7. The highest BCUT2D eigenvalue weighted by Gasteiger charge is 2.18. The fraction of sp³-hybridized carbons (Fsp3) is 0.500. The van der Waals surface area contributed by atoms with Crippen LogP contribution in [0.1, 0.15) is 16.9 Å². The summed E-state index contributed by atoms with van der Waals surface area (Å²) in [5, 5.41) is 2.78. The number of rotatable bonds is 3. The molecule has 1 aliphatic rings. The normalized spacial score (nSPS) is 19.6. The Morgan fingerprint density at radius 1 is 1.56 bits per heavy atom. The van der Waals surface area contributed by atoms with Gasteiger partial charge in [-0.1, -0.05) is 0 Å². The summed E-state index contributed by atoms with van der Waals surface area (Å²) in [5.41, 5.74) is 5.73. The zero-order valence-electron chi connectivity index (χ0n) is 8.85. The van der Waals surface area contributed by atoms with Crippen LogP contribution in [0.2, 0.25) is 0 Å². The smallest absolute Gasteiger partial charge is 0.273 e. The van der Waals surface area contributed by atoms with E-state index in [2.05, 4.69) is 15.3 Å². The van der Waals surface area contributed by atoms with Crippen molar-refractivity contribution in [2.45, 2.75) is 6.42 Å². The minimum atomic E-state index is -0.280. The van der Waals surface area contributed by atoms with E-state index in [0.29, 0.717) is 19.1 Å². The van der Waals surface area contributed by atoms with Crippen LogP contribution in [0, 0.1) is 5.92 Å². The highest BCUT2D eigenvalue weighted by atomic mass is 16.5.